The summed E-state index contributed by atoms with van der Waals surface area (Å²) >= 11 is 6.10. The van der Waals surface area contributed by atoms with Gasteiger partial charge in [0.05, 0.1) is 12.1 Å². The highest BCUT2D eigenvalue weighted by molar-refractivity contribution is 6.31. The minimum Gasteiger partial charge on any atom is -0.394 e. The number of nitrogens with one attached hydrogen (secondary N) is 1. The van der Waals surface area contributed by atoms with Crippen LogP contribution in [0.15, 0.2) is 30.5 Å². The first kappa shape index (κ1) is 13.3. The third kappa shape index (κ3) is 2.99. The lowest BCUT2D eigenvalue weighted by Crippen LogP contribution is -2.42. The number of pyridine rings is 1. The number of benzene rings is 1. The number of halogens is 1. The smallest absolute Gasteiger partial charge is 0.0747 e. The van der Waals surface area contributed by atoms with Crippen molar-refractivity contribution >= 4 is 22.5 Å². The maximum absolute atomic E-state index is 9.24. The van der Waals surface area contributed by atoms with Crippen molar-refractivity contribution in [3.8, 4) is 0 Å². The molecule has 1 aromatic carbocycles. The Labute approximate surface area is 112 Å². The zero-order valence-electron chi connectivity index (χ0n) is 10.6. The van der Waals surface area contributed by atoms with Crippen molar-refractivity contribution in [3.63, 3.8) is 0 Å². The molecule has 2 rings (SSSR count). The van der Waals surface area contributed by atoms with Gasteiger partial charge in [0.15, 0.2) is 0 Å². The maximum atomic E-state index is 9.24. The average Bonchev–Trinajstić information content (AvgIpc) is 2.36. The lowest BCUT2D eigenvalue weighted by atomic mass is 10.1. The zero-order valence-corrected chi connectivity index (χ0v) is 11.3. The monoisotopic (exact) mass is 264 g/mol. The van der Waals surface area contributed by atoms with Gasteiger partial charge in [0.25, 0.3) is 0 Å². The van der Waals surface area contributed by atoms with Crippen molar-refractivity contribution in [3.05, 3.63) is 41.0 Å². The van der Waals surface area contributed by atoms with Crippen LogP contribution in [0.4, 0.5) is 0 Å². The molecule has 0 saturated heterocycles. The summed E-state index contributed by atoms with van der Waals surface area (Å²) in [5.41, 5.74) is 1.67. The molecule has 18 heavy (non-hydrogen) atoms. The van der Waals surface area contributed by atoms with Crippen LogP contribution in [0.5, 0.6) is 0 Å². The fraction of sp³-hybridized carbons (Fsp3) is 0.357. The fourth-order valence-corrected chi connectivity index (χ4v) is 2.00. The summed E-state index contributed by atoms with van der Waals surface area (Å²) in [7, 11) is 0. The third-order valence-corrected chi connectivity index (χ3v) is 3.12. The van der Waals surface area contributed by atoms with E-state index in [0.29, 0.717) is 11.6 Å². The second-order valence-electron chi connectivity index (χ2n) is 5.04. The van der Waals surface area contributed by atoms with Crippen LogP contribution >= 0.6 is 11.6 Å². The molecule has 0 aliphatic heterocycles. The number of aliphatic hydroxyl groups is 1. The van der Waals surface area contributed by atoms with E-state index in [-0.39, 0.29) is 12.1 Å². The molecule has 0 bridgehead atoms. The molecule has 0 fully saturated rings. The van der Waals surface area contributed by atoms with E-state index in [9.17, 15) is 5.11 Å². The number of hydrogen-bond donors (Lipinski definition) is 2. The fourth-order valence-electron chi connectivity index (χ4n) is 1.75. The maximum Gasteiger partial charge on any atom is 0.0747 e. The van der Waals surface area contributed by atoms with E-state index in [2.05, 4.69) is 10.3 Å². The molecule has 0 radical (unpaired) electrons. The summed E-state index contributed by atoms with van der Waals surface area (Å²) in [6.45, 7) is 4.61. The van der Waals surface area contributed by atoms with Crippen LogP contribution in [-0.4, -0.2) is 22.2 Å². The van der Waals surface area contributed by atoms with E-state index in [1.807, 2.05) is 38.1 Å². The van der Waals surface area contributed by atoms with Crippen molar-refractivity contribution < 1.29 is 5.11 Å². The van der Waals surface area contributed by atoms with E-state index < -0.39 is 0 Å². The number of fused-ring (bicyclic) bond motifs is 1. The Kier molecular flexibility index (Phi) is 3.85. The highest BCUT2D eigenvalue weighted by Gasteiger charge is 2.16. The van der Waals surface area contributed by atoms with Crippen molar-refractivity contribution in [2.24, 2.45) is 0 Å². The summed E-state index contributed by atoms with van der Waals surface area (Å²) in [6.07, 6.45) is 1.77. The minimum atomic E-state index is -0.316. The Hall–Kier alpha value is -1.16. The lowest BCUT2D eigenvalue weighted by molar-refractivity contribution is 0.187. The van der Waals surface area contributed by atoms with Crippen LogP contribution in [0.1, 0.15) is 19.4 Å². The molecule has 0 aliphatic rings. The van der Waals surface area contributed by atoms with Gasteiger partial charge >= 0.3 is 0 Å². The van der Waals surface area contributed by atoms with Gasteiger partial charge in [-0.2, -0.15) is 0 Å². The Morgan fingerprint density at radius 3 is 2.89 bits per heavy atom. The molecule has 0 amide bonds. The molecule has 2 aromatic rings. The SMILES string of the molecule is CC(C)(CO)NCc1cc(Cl)cc2cccnc12. The predicted octanol–water partition coefficient (Wildman–Crippen LogP) is 2.75. The van der Waals surface area contributed by atoms with E-state index in [4.69, 9.17) is 11.6 Å². The normalized spacial score (nSPS) is 12.0. The molecule has 3 nitrogen and oxygen atoms in total. The number of nitrogens with zero attached hydrogens (tertiary/aromatic N) is 1. The predicted molar refractivity (Wildman–Crippen MR) is 74.8 cm³/mol. The second-order valence-corrected chi connectivity index (χ2v) is 5.47. The summed E-state index contributed by atoms with van der Waals surface area (Å²) < 4.78 is 0. The first-order chi connectivity index (χ1) is 8.52. The van der Waals surface area contributed by atoms with Gasteiger partial charge < -0.3 is 10.4 Å². The topological polar surface area (TPSA) is 45.1 Å². The Morgan fingerprint density at radius 2 is 2.17 bits per heavy atom. The number of hydrogen-bond acceptors (Lipinski definition) is 3. The third-order valence-electron chi connectivity index (χ3n) is 2.90. The largest absolute Gasteiger partial charge is 0.394 e. The summed E-state index contributed by atoms with van der Waals surface area (Å²) in [6, 6.07) is 7.71. The second kappa shape index (κ2) is 5.22. The quantitative estimate of drug-likeness (QED) is 0.893. The van der Waals surface area contributed by atoms with Gasteiger partial charge in [-0.3, -0.25) is 4.98 Å². The molecule has 0 spiro atoms. The number of rotatable bonds is 4. The van der Waals surface area contributed by atoms with Crippen LogP contribution in [-0.2, 0) is 6.54 Å². The molecule has 4 heteroatoms. The van der Waals surface area contributed by atoms with Gasteiger partial charge in [0, 0.05) is 28.7 Å². The first-order valence-electron chi connectivity index (χ1n) is 5.91. The molecular formula is C14H17ClN2O. The Bertz CT molecular complexity index is 554. The van der Waals surface area contributed by atoms with Gasteiger partial charge in [-0.1, -0.05) is 17.7 Å². The van der Waals surface area contributed by atoms with E-state index in [1.165, 1.54) is 0 Å². The van der Waals surface area contributed by atoms with Crippen molar-refractivity contribution in [2.75, 3.05) is 6.61 Å². The molecule has 0 unspecified atom stereocenters. The zero-order chi connectivity index (χ0) is 13.2. The average molecular weight is 265 g/mol. The lowest BCUT2D eigenvalue weighted by Gasteiger charge is -2.23. The molecule has 0 saturated carbocycles. The summed E-state index contributed by atoms with van der Waals surface area (Å²) in [4.78, 5) is 4.39. The van der Waals surface area contributed by atoms with E-state index in [1.54, 1.807) is 6.20 Å². The number of aliphatic hydroxyl groups excluding tert-OH is 1. The number of aromatic nitrogens is 1. The van der Waals surface area contributed by atoms with Crippen LogP contribution in [0, 0.1) is 0 Å². The van der Waals surface area contributed by atoms with E-state index >= 15 is 0 Å². The minimum absolute atomic E-state index is 0.0823. The van der Waals surface area contributed by atoms with Gasteiger partial charge in [0.2, 0.25) is 0 Å². The molecular weight excluding hydrogens is 248 g/mol. The first-order valence-corrected chi connectivity index (χ1v) is 6.29. The Morgan fingerprint density at radius 1 is 1.39 bits per heavy atom. The van der Waals surface area contributed by atoms with Gasteiger partial charge in [-0.05, 0) is 37.6 Å². The molecule has 1 heterocycles. The van der Waals surface area contributed by atoms with Crippen LogP contribution in [0.3, 0.4) is 0 Å². The van der Waals surface area contributed by atoms with Crippen LogP contribution < -0.4 is 5.32 Å². The van der Waals surface area contributed by atoms with Crippen LogP contribution in [0.2, 0.25) is 5.02 Å². The highest BCUT2D eigenvalue weighted by Crippen LogP contribution is 2.22. The van der Waals surface area contributed by atoms with Crippen molar-refractivity contribution in [1.29, 1.82) is 0 Å². The van der Waals surface area contributed by atoms with Gasteiger partial charge in [-0.15, -0.1) is 0 Å². The molecule has 1 aromatic heterocycles. The van der Waals surface area contributed by atoms with Gasteiger partial charge in [0.1, 0.15) is 0 Å². The molecule has 0 atom stereocenters. The standard InChI is InChI=1S/C14H17ClN2O/c1-14(2,9-18)17-8-11-7-12(15)6-10-4-3-5-16-13(10)11/h3-7,17-18H,8-9H2,1-2H3. The summed E-state index contributed by atoms with van der Waals surface area (Å²) in [5.74, 6) is 0. The molecule has 0 aliphatic carbocycles. The highest BCUT2D eigenvalue weighted by atomic mass is 35.5. The molecule has 96 valence electrons. The molecule has 2 N–H and O–H groups in total. The Balaban J connectivity index is 2.33. The van der Waals surface area contributed by atoms with Crippen LogP contribution in [0.25, 0.3) is 10.9 Å². The van der Waals surface area contributed by atoms with Crippen molar-refractivity contribution in [1.82, 2.24) is 10.3 Å². The van der Waals surface area contributed by atoms with E-state index in [0.717, 1.165) is 16.5 Å². The van der Waals surface area contributed by atoms with Gasteiger partial charge in [-0.25, -0.2) is 0 Å². The van der Waals surface area contributed by atoms with Crippen molar-refractivity contribution in [2.45, 2.75) is 25.9 Å². The summed E-state index contributed by atoms with van der Waals surface area (Å²) in [5, 5.41) is 14.3.